The average Bonchev–Trinajstić information content (AvgIpc) is 3.03. The minimum atomic E-state index is -0.907. The fourth-order valence-corrected chi connectivity index (χ4v) is 4.17. The highest BCUT2D eigenvalue weighted by atomic mass is 16.3. The van der Waals surface area contributed by atoms with Crippen molar-refractivity contribution in [2.75, 3.05) is 19.6 Å². The summed E-state index contributed by atoms with van der Waals surface area (Å²) >= 11 is 0. The number of aromatic nitrogens is 3. The molecule has 2 aliphatic rings. The molecule has 26 heavy (non-hydrogen) atoms. The number of carbonyl (C=O) groups excluding carboxylic acids is 2. The van der Waals surface area contributed by atoms with E-state index >= 15 is 0 Å². The first-order chi connectivity index (χ1) is 12.4. The van der Waals surface area contributed by atoms with Crippen molar-refractivity contribution in [3.63, 3.8) is 0 Å². The summed E-state index contributed by atoms with van der Waals surface area (Å²) in [5.41, 5.74) is 1.81. The Morgan fingerprint density at radius 2 is 2.19 bits per heavy atom. The zero-order chi connectivity index (χ0) is 18.5. The molecule has 2 fully saturated rings. The molecule has 138 valence electrons. The number of aliphatic hydroxyl groups is 1. The van der Waals surface area contributed by atoms with Crippen LogP contribution in [0.3, 0.4) is 0 Å². The normalized spacial score (nSPS) is 26.3. The first-order valence-corrected chi connectivity index (χ1v) is 9.00. The zero-order valence-electron chi connectivity index (χ0n) is 15.0. The highest BCUT2D eigenvalue weighted by Gasteiger charge is 2.50. The van der Waals surface area contributed by atoms with Gasteiger partial charge in [0.25, 0.3) is 5.91 Å². The Morgan fingerprint density at radius 3 is 2.96 bits per heavy atom. The van der Waals surface area contributed by atoms with E-state index in [1.165, 1.54) is 0 Å². The minimum Gasteiger partial charge on any atom is -0.392 e. The van der Waals surface area contributed by atoms with Gasteiger partial charge in [0.1, 0.15) is 0 Å². The quantitative estimate of drug-likeness (QED) is 0.772. The Hall–Kier alpha value is -2.48. The van der Waals surface area contributed by atoms with E-state index in [0.717, 1.165) is 17.8 Å². The number of piperidine rings is 2. The van der Waals surface area contributed by atoms with Crippen LogP contribution in [0.2, 0.25) is 0 Å². The smallest absolute Gasteiger partial charge is 0.274 e. The van der Waals surface area contributed by atoms with Crippen LogP contribution in [0.4, 0.5) is 0 Å². The van der Waals surface area contributed by atoms with Crippen LogP contribution in [0.25, 0.3) is 5.65 Å². The van der Waals surface area contributed by atoms with Gasteiger partial charge in [-0.25, -0.2) is 9.50 Å². The lowest BCUT2D eigenvalue weighted by atomic mass is 9.71. The second kappa shape index (κ2) is 6.05. The molecule has 0 aromatic carbocycles. The molecule has 2 aliphatic heterocycles. The topological polar surface area (TPSA) is 99.8 Å². The molecular formula is C18H23N5O3. The minimum absolute atomic E-state index is 0.156. The largest absolute Gasteiger partial charge is 0.392 e. The van der Waals surface area contributed by atoms with E-state index in [1.54, 1.807) is 15.5 Å². The Labute approximate surface area is 151 Å². The first kappa shape index (κ1) is 17.0. The number of amides is 2. The summed E-state index contributed by atoms with van der Waals surface area (Å²) in [6.45, 7) is 5.07. The molecule has 8 heteroatoms. The van der Waals surface area contributed by atoms with E-state index in [-0.39, 0.29) is 18.4 Å². The van der Waals surface area contributed by atoms with Crippen molar-refractivity contribution in [2.45, 2.75) is 39.2 Å². The Morgan fingerprint density at radius 1 is 1.38 bits per heavy atom. The molecule has 0 bridgehead atoms. The molecule has 0 saturated carbocycles. The predicted octanol–water partition coefficient (Wildman–Crippen LogP) is 0.449. The molecule has 0 aliphatic carbocycles. The molecule has 2 aromatic heterocycles. The fraction of sp³-hybridized carbons (Fsp3) is 0.556. The molecule has 4 heterocycles. The van der Waals surface area contributed by atoms with Crippen LogP contribution in [0.15, 0.2) is 12.1 Å². The summed E-state index contributed by atoms with van der Waals surface area (Å²) in [6, 6.07) is 3.59. The molecular weight excluding hydrogens is 334 g/mol. The maximum atomic E-state index is 13.0. The molecule has 2 atom stereocenters. The molecule has 2 saturated heterocycles. The Balaban J connectivity index is 1.64. The summed E-state index contributed by atoms with van der Waals surface area (Å²) in [5, 5.41) is 17.7. The van der Waals surface area contributed by atoms with Gasteiger partial charge in [0.2, 0.25) is 5.91 Å². The number of hydrogen-bond acceptors (Lipinski definition) is 5. The molecule has 0 unspecified atom stereocenters. The summed E-state index contributed by atoms with van der Waals surface area (Å²) < 4.78 is 1.65. The number of rotatable bonds is 1. The van der Waals surface area contributed by atoms with Crippen LogP contribution < -0.4 is 5.32 Å². The van der Waals surface area contributed by atoms with Gasteiger partial charge in [-0.2, -0.15) is 5.10 Å². The van der Waals surface area contributed by atoms with Crippen molar-refractivity contribution in [3.05, 3.63) is 29.2 Å². The SMILES string of the molecule is Cc1cc(C)n2nc(C(=O)N3CC[C@@H](O)[C@@]4(CCCNC4=O)C3)cc2n1. The number of hydrogen-bond donors (Lipinski definition) is 2. The maximum absolute atomic E-state index is 13.0. The highest BCUT2D eigenvalue weighted by Crippen LogP contribution is 2.37. The zero-order valence-corrected chi connectivity index (χ0v) is 15.0. The van der Waals surface area contributed by atoms with Gasteiger partial charge in [0, 0.05) is 37.1 Å². The number of aliphatic hydroxyl groups excluding tert-OH is 1. The van der Waals surface area contributed by atoms with E-state index in [4.69, 9.17) is 0 Å². The monoisotopic (exact) mass is 357 g/mol. The van der Waals surface area contributed by atoms with Crippen molar-refractivity contribution >= 4 is 17.5 Å². The van der Waals surface area contributed by atoms with Crippen molar-refractivity contribution in [1.29, 1.82) is 0 Å². The molecule has 2 N–H and O–H groups in total. The van der Waals surface area contributed by atoms with Crippen LogP contribution in [-0.2, 0) is 4.79 Å². The lowest BCUT2D eigenvalue weighted by Gasteiger charge is -2.46. The van der Waals surface area contributed by atoms with E-state index in [1.807, 2.05) is 19.9 Å². The van der Waals surface area contributed by atoms with Crippen LogP contribution >= 0.6 is 0 Å². The van der Waals surface area contributed by atoms with Gasteiger partial charge >= 0.3 is 0 Å². The third-order valence-electron chi connectivity index (χ3n) is 5.56. The second-order valence-corrected chi connectivity index (χ2v) is 7.39. The number of likely N-dealkylation sites (tertiary alicyclic amines) is 1. The highest BCUT2D eigenvalue weighted by molar-refractivity contribution is 5.94. The van der Waals surface area contributed by atoms with Gasteiger partial charge in [0.05, 0.1) is 11.5 Å². The fourth-order valence-electron chi connectivity index (χ4n) is 4.17. The van der Waals surface area contributed by atoms with Crippen molar-refractivity contribution in [1.82, 2.24) is 24.8 Å². The van der Waals surface area contributed by atoms with Gasteiger partial charge in [0.15, 0.2) is 11.3 Å². The van der Waals surface area contributed by atoms with Crippen LogP contribution in [-0.4, -0.2) is 62.2 Å². The Kier molecular flexibility index (Phi) is 3.95. The van der Waals surface area contributed by atoms with Gasteiger partial charge in [-0.3, -0.25) is 9.59 Å². The lowest BCUT2D eigenvalue weighted by molar-refractivity contribution is -0.147. The first-order valence-electron chi connectivity index (χ1n) is 9.00. The van der Waals surface area contributed by atoms with Gasteiger partial charge in [-0.15, -0.1) is 0 Å². The van der Waals surface area contributed by atoms with E-state index in [9.17, 15) is 14.7 Å². The van der Waals surface area contributed by atoms with Crippen LogP contribution in [0, 0.1) is 19.3 Å². The summed E-state index contributed by atoms with van der Waals surface area (Å²) in [5.74, 6) is -0.380. The van der Waals surface area contributed by atoms with Gasteiger partial charge < -0.3 is 15.3 Å². The number of aryl methyl sites for hydroxylation is 2. The number of carbonyl (C=O) groups is 2. The Bertz CT molecular complexity index is 892. The number of nitrogens with zero attached hydrogens (tertiary/aromatic N) is 4. The third-order valence-corrected chi connectivity index (χ3v) is 5.56. The van der Waals surface area contributed by atoms with E-state index in [2.05, 4.69) is 15.4 Å². The third kappa shape index (κ3) is 2.56. The van der Waals surface area contributed by atoms with Crippen LogP contribution in [0.5, 0.6) is 0 Å². The maximum Gasteiger partial charge on any atom is 0.274 e. The lowest BCUT2D eigenvalue weighted by Crippen LogP contribution is -2.62. The van der Waals surface area contributed by atoms with Crippen LogP contribution in [0.1, 0.15) is 41.1 Å². The molecule has 8 nitrogen and oxygen atoms in total. The standard InChI is InChI=1S/C18H23N5O3/c1-11-8-12(2)23-15(20-11)9-13(21-23)16(25)22-7-4-14(24)18(10-22)5-3-6-19-17(18)26/h8-9,14,24H,3-7,10H2,1-2H3,(H,19,26)/t14-,18-/m1/s1. The van der Waals surface area contributed by atoms with Gasteiger partial charge in [-0.1, -0.05) is 0 Å². The molecule has 4 rings (SSSR count). The predicted molar refractivity (Wildman–Crippen MR) is 93.7 cm³/mol. The number of fused-ring (bicyclic) bond motifs is 1. The van der Waals surface area contributed by atoms with E-state index < -0.39 is 11.5 Å². The second-order valence-electron chi connectivity index (χ2n) is 7.39. The van der Waals surface area contributed by atoms with Crippen molar-refractivity contribution in [3.8, 4) is 0 Å². The molecule has 1 spiro atoms. The molecule has 0 radical (unpaired) electrons. The number of nitrogens with one attached hydrogen (secondary N) is 1. The van der Waals surface area contributed by atoms with Crippen molar-refractivity contribution < 1.29 is 14.7 Å². The molecule has 2 amide bonds. The van der Waals surface area contributed by atoms with E-state index in [0.29, 0.717) is 37.3 Å². The molecule has 2 aromatic rings. The average molecular weight is 357 g/mol. The summed E-state index contributed by atoms with van der Waals surface area (Å²) in [6.07, 6.45) is 1.07. The summed E-state index contributed by atoms with van der Waals surface area (Å²) in [4.78, 5) is 31.5. The van der Waals surface area contributed by atoms with Crippen molar-refractivity contribution in [2.24, 2.45) is 5.41 Å². The summed E-state index contributed by atoms with van der Waals surface area (Å²) in [7, 11) is 0. The van der Waals surface area contributed by atoms with Gasteiger partial charge in [-0.05, 0) is 39.2 Å².